The van der Waals surface area contributed by atoms with Gasteiger partial charge >= 0.3 is 0 Å². The van der Waals surface area contributed by atoms with Gasteiger partial charge in [-0.1, -0.05) is 54.6 Å². The maximum absolute atomic E-state index is 12.3. The fourth-order valence-electron chi connectivity index (χ4n) is 3.20. The van der Waals surface area contributed by atoms with Crippen LogP contribution < -0.4 is 10.9 Å². The van der Waals surface area contributed by atoms with Crippen LogP contribution in [0.2, 0.25) is 4.34 Å². The molecule has 1 amide bonds. The van der Waals surface area contributed by atoms with Crippen molar-refractivity contribution in [3.8, 4) is 0 Å². The maximum atomic E-state index is 12.3. The molecule has 2 N–H and O–H groups in total. The molecule has 4 nitrogen and oxygen atoms in total. The van der Waals surface area contributed by atoms with Crippen molar-refractivity contribution in [3.63, 3.8) is 0 Å². The zero-order valence-electron chi connectivity index (χ0n) is 14.5. The first-order chi connectivity index (χ1) is 13.1. The normalized spacial score (nSPS) is 11.0. The third kappa shape index (κ3) is 3.56. The Hall–Kier alpha value is -2.76. The molecule has 4 aromatic rings. The van der Waals surface area contributed by atoms with Crippen molar-refractivity contribution >= 4 is 56.3 Å². The number of nitrogens with one attached hydrogen (secondary N) is 2. The number of rotatable bonds is 6. The number of fused-ring (bicyclic) bond motifs is 3. The molecule has 2 aromatic carbocycles. The second-order valence-electron chi connectivity index (χ2n) is 6.19. The summed E-state index contributed by atoms with van der Waals surface area (Å²) in [6.45, 7) is 4.52. The standard InChI is InChI=1S/C21H18ClN3OS/c1-14(19-10-11-20(22)27-19)23-24-21(26)12-13-25-17-8-4-2-6-15(17)16-7-3-5-9-18(16)25/h2-11,23H,1,12-13H2,(H,24,26). The number of hydrazine groups is 1. The summed E-state index contributed by atoms with van der Waals surface area (Å²) in [5, 5.41) is 2.41. The van der Waals surface area contributed by atoms with Gasteiger partial charge in [0.15, 0.2) is 0 Å². The molecule has 4 rings (SSSR count). The highest BCUT2D eigenvalue weighted by atomic mass is 35.5. The van der Waals surface area contributed by atoms with E-state index in [1.165, 1.54) is 22.1 Å². The number of carbonyl (C=O) groups excluding carboxylic acids is 1. The Labute approximate surface area is 166 Å². The van der Waals surface area contributed by atoms with E-state index in [1.54, 1.807) is 6.07 Å². The minimum Gasteiger partial charge on any atom is -0.340 e. The lowest BCUT2D eigenvalue weighted by Gasteiger charge is -2.11. The van der Waals surface area contributed by atoms with Gasteiger partial charge in [0.05, 0.1) is 14.9 Å². The summed E-state index contributed by atoms with van der Waals surface area (Å²) >= 11 is 7.34. The number of aromatic nitrogens is 1. The predicted molar refractivity (Wildman–Crippen MR) is 114 cm³/mol. The van der Waals surface area contributed by atoms with E-state index < -0.39 is 0 Å². The van der Waals surface area contributed by atoms with Crippen LogP contribution in [0.1, 0.15) is 11.3 Å². The van der Waals surface area contributed by atoms with Crippen molar-refractivity contribution in [1.82, 2.24) is 15.4 Å². The molecule has 0 aliphatic rings. The number of hydrogen-bond acceptors (Lipinski definition) is 3. The number of aryl methyl sites for hydroxylation is 1. The van der Waals surface area contributed by atoms with Crippen LogP contribution in [0.25, 0.3) is 27.5 Å². The molecule has 136 valence electrons. The number of hydrogen-bond donors (Lipinski definition) is 2. The second kappa shape index (κ2) is 7.47. The molecule has 0 fully saturated rings. The van der Waals surface area contributed by atoms with Gasteiger partial charge in [0.25, 0.3) is 0 Å². The SMILES string of the molecule is C=C(NNC(=O)CCn1c2ccccc2c2ccccc21)c1ccc(Cl)s1. The predicted octanol–water partition coefficient (Wildman–Crippen LogP) is 5.19. The average molecular weight is 396 g/mol. The van der Waals surface area contributed by atoms with Crippen LogP contribution in [0.5, 0.6) is 0 Å². The number of thiophene rings is 1. The number of amides is 1. The van der Waals surface area contributed by atoms with Crippen LogP contribution in [0, 0.1) is 0 Å². The lowest BCUT2D eigenvalue weighted by molar-refractivity contribution is -0.121. The summed E-state index contributed by atoms with van der Waals surface area (Å²) in [5.74, 6) is -0.0966. The van der Waals surface area contributed by atoms with Crippen LogP contribution >= 0.6 is 22.9 Å². The van der Waals surface area contributed by atoms with Gasteiger partial charge < -0.3 is 4.57 Å². The first kappa shape index (κ1) is 17.6. The van der Waals surface area contributed by atoms with Gasteiger partial charge in [-0.05, 0) is 24.3 Å². The summed E-state index contributed by atoms with van der Waals surface area (Å²) < 4.78 is 2.88. The van der Waals surface area contributed by atoms with Crippen molar-refractivity contribution < 1.29 is 4.79 Å². The molecule has 0 bridgehead atoms. The van der Waals surface area contributed by atoms with E-state index in [9.17, 15) is 4.79 Å². The van der Waals surface area contributed by atoms with Crippen LogP contribution in [-0.2, 0) is 11.3 Å². The fourth-order valence-corrected chi connectivity index (χ4v) is 4.17. The molecule has 0 atom stereocenters. The van der Waals surface area contributed by atoms with E-state index in [1.807, 2.05) is 30.3 Å². The van der Waals surface area contributed by atoms with E-state index >= 15 is 0 Å². The van der Waals surface area contributed by atoms with Crippen LogP contribution in [0.4, 0.5) is 0 Å². The number of carbonyl (C=O) groups is 1. The first-order valence-corrected chi connectivity index (χ1v) is 9.78. The average Bonchev–Trinajstić information content (AvgIpc) is 3.26. The summed E-state index contributed by atoms with van der Waals surface area (Å²) in [4.78, 5) is 13.2. The van der Waals surface area contributed by atoms with Gasteiger partial charge in [-0.3, -0.25) is 15.6 Å². The number of nitrogens with zero attached hydrogens (tertiary/aromatic N) is 1. The molecular formula is C21H18ClN3OS. The largest absolute Gasteiger partial charge is 0.340 e. The van der Waals surface area contributed by atoms with Crippen LogP contribution in [0.15, 0.2) is 67.2 Å². The molecule has 2 heterocycles. The number of halogens is 1. The minimum atomic E-state index is -0.0966. The lowest BCUT2D eigenvalue weighted by atomic mass is 10.2. The van der Waals surface area contributed by atoms with E-state index in [0.717, 1.165) is 15.9 Å². The van der Waals surface area contributed by atoms with Crippen LogP contribution in [0.3, 0.4) is 0 Å². The smallest absolute Gasteiger partial charge is 0.240 e. The van der Waals surface area contributed by atoms with Crippen molar-refractivity contribution in [1.29, 1.82) is 0 Å². The molecule has 6 heteroatoms. The summed E-state index contributed by atoms with van der Waals surface area (Å²) in [7, 11) is 0. The maximum Gasteiger partial charge on any atom is 0.240 e. The second-order valence-corrected chi connectivity index (χ2v) is 7.91. The Morgan fingerprint density at radius 1 is 0.963 bits per heavy atom. The molecule has 0 aliphatic heterocycles. The van der Waals surface area contributed by atoms with Crippen molar-refractivity contribution in [2.24, 2.45) is 0 Å². The van der Waals surface area contributed by atoms with E-state index in [0.29, 0.717) is 23.0 Å². The Kier molecular flexibility index (Phi) is 4.88. The Balaban J connectivity index is 1.45. The third-order valence-electron chi connectivity index (χ3n) is 4.47. The van der Waals surface area contributed by atoms with Gasteiger partial charge in [0, 0.05) is 34.8 Å². The van der Waals surface area contributed by atoms with E-state index in [4.69, 9.17) is 11.6 Å². The number of para-hydroxylation sites is 2. The third-order valence-corrected chi connectivity index (χ3v) is 5.76. The molecule has 0 saturated carbocycles. The zero-order chi connectivity index (χ0) is 18.8. The molecule has 2 aromatic heterocycles. The highest BCUT2D eigenvalue weighted by Gasteiger charge is 2.11. The fraction of sp³-hybridized carbons (Fsp3) is 0.0952. The highest BCUT2D eigenvalue weighted by molar-refractivity contribution is 7.17. The highest BCUT2D eigenvalue weighted by Crippen LogP contribution is 2.29. The van der Waals surface area contributed by atoms with Crippen LogP contribution in [-0.4, -0.2) is 10.5 Å². The summed E-state index contributed by atoms with van der Waals surface area (Å²) in [6, 6.07) is 20.2. The Bertz CT molecular complexity index is 1090. The Morgan fingerprint density at radius 2 is 1.59 bits per heavy atom. The molecule has 27 heavy (non-hydrogen) atoms. The van der Waals surface area contributed by atoms with Crippen molar-refractivity contribution in [2.45, 2.75) is 13.0 Å². The zero-order valence-corrected chi connectivity index (χ0v) is 16.1. The van der Waals surface area contributed by atoms with Gasteiger partial charge in [0.1, 0.15) is 0 Å². The molecule has 0 radical (unpaired) electrons. The Morgan fingerprint density at radius 3 is 2.19 bits per heavy atom. The quantitative estimate of drug-likeness (QED) is 0.441. The first-order valence-electron chi connectivity index (χ1n) is 8.59. The summed E-state index contributed by atoms with van der Waals surface area (Å²) in [6.07, 6.45) is 0.355. The monoisotopic (exact) mass is 395 g/mol. The van der Waals surface area contributed by atoms with Crippen molar-refractivity contribution in [3.05, 3.63) is 76.5 Å². The van der Waals surface area contributed by atoms with Crippen molar-refractivity contribution in [2.75, 3.05) is 0 Å². The molecule has 0 spiro atoms. The minimum absolute atomic E-state index is 0.0966. The van der Waals surface area contributed by atoms with Gasteiger partial charge in [-0.25, -0.2) is 0 Å². The van der Waals surface area contributed by atoms with E-state index in [-0.39, 0.29) is 5.91 Å². The van der Waals surface area contributed by atoms with Gasteiger partial charge in [-0.15, -0.1) is 11.3 Å². The summed E-state index contributed by atoms with van der Waals surface area (Å²) in [5.41, 5.74) is 8.47. The molecule has 0 unspecified atom stereocenters. The molecule has 0 saturated heterocycles. The lowest BCUT2D eigenvalue weighted by Crippen LogP contribution is -2.36. The van der Waals surface area contributed by atoms with Gasteiger partial charge in [0.2, 0.25) is 5.91 Å². The topological polar surface area (TPSA) is 46.1 Å². The molecule has 0 aliphatic carbocycles. The van der Waals surface area contributed by atoms with Gasteiger partial charge in [-0.2, -0.15) is 0 Å². The number of benzene rings is 2. The van der Waals surface area contributed by atoms with E-state index in [2.05, 4.69) is 46.3 Å². The molecular weight excluding hydrogens is 378 g/mol.